The standard InChI is InChI=1S/C41H25N3O/c1-3-12-27(13-4-1)39-42-40(28-14-5-2-6-15-28)44-41(43-39)38-33(23-24-36-37(38)34-17-9-10-18-35(34)45-36)30-21-22-32-29(25-30)20-19-26-11-7-8-16-31(26)32/h1-25H. The van der Waals surface area contributed by atoms with E-state index in [2.05, 4.69) is 72.8 Å². The van der Waals surface area contributed by atoms with Gasteiger partial charge in [-0.2, -0.15) is 0 Å². The highest BCUT2D eigenvalue weighted by molar-refractivity contribution is 6.16. The summed E-state index contributed by atoms with van der Waals surface area (Å²) in [6.07, 6.45) is 0. The first-order chi connectivity index (χ1) is 22.3. The van der Waals surface area contributed by atoms with Crippen LogP contribution in [0.2, 0.25) is 0 Å². The first-order valence-corrected chi connectivity index (χ1v) is 15.0. The van der Waals surface area contributed by atoms with Crippen molar-refractivity contribution in [1.82, 2.24) is 15.0 Å². The van der Waals surface area contributed by atoms with Gasteiger partial charge in [0.15, 0.2) is 17.5 Å². The molecule has 0 aliphatic rings. The molecule has 0 aliphatic heterocycles. The van der Waals surface area contributed by atoms with E-state index in [1.54, 1.807) is 0 Å². The predicted molar refractivity (Wildman–Crippen MR) is 184 cm³/mol. The molecule has 0 saturated carbocycles. The second-order valence-corrected chi connectivity index (χ2v) is 11.2. The minimum atomic E-state index is 0.605. The maximum Gasteiger partial charge on any atom is 0.165 e. The highest BCUT2D eigenvalue weighted by atomic mass is 16.3. The molecule has 45 heavy (non-hydrogen) atoms. The second kappa shape index (κ2) is 10.2. The molecule has 0 aliphatic carbocycles. The molecule has 0 saturated heterocycles. The van der Waals surface area contributed by atoms with Gasteiger partial charge in [0.25, 0.3) is 0 Å². The normalized spacial score (nSPS) is 11.6. The maximum absolute atomic E-state index is 6.38. The van der Waals surface area contributed by atoms with E-state index in [4.69, 9.17) is 19.4 Å². The topological polar surface area (TPSA) is 51.8 Å². The Kier molecular flexibility index (Phi) is 5.78. The van der Waals surface area contributed by atoms with E-state index >= 15 is 0 Å². The molecule has 2 heterocycles. The molecular formula is C41H25N3O. The Morgan fingerprint density at radius 3 is 1.73 bits per heavy atom. The van der Waals surface area contributed by atoms with Gasteiger partial charge in [-0.25, -0.2) is 15.0 Å². The summed E-state index contributed by atoms with van der Waals surface area (Å²) in [6, 6.07) is 52.2. The zero-order valence-electron chi connectivity index (χ0n) is 24.2. The summed E-state index contributed by atoms with van der Waals surface area (Å²) in [5.41, 5.74) is 6.54. The van der Waals surface area contributed by atoms with Crippen LogP contribution in [0, 0.1) is 0 Å². The molecular weight excluding hydrogens is 550 g/mol. The SMILES string of the molecule is c1ccc(-c2nc(-c3ccccc3)nc(-c3c(-c4ccc5c(ccc6ccccc65)c4)ccc4oc5ccccc5c34)n2)cc1. The lowest BCUT2D eigenvalue weighted by atomic mass is 9.92. The molecule has 4 nitrogen and oxygen atoms in total. The van der Waals surface area contributed by atoms with Crippen LogP contribution in [-0.4, -0.2) is 15.0 Å². The zero-order valence-corrected chi connectivity index (χ0v) is 24.2. The molecule has 0 fully saturated rings. The Bertz CT molecular complexity index is 2480. The Labute approximate surface area is 259 Å². The van der Waals surface area contributed by atoms with Crippen molar-refractivity contribution in [2.45, 2.75) is 0 Å². The summed E-state index contributed by atoms with van der Waals surface area (Å²) < 4.78 is 6.38. The van der Waals surface area contributed by atoms with Gasteiger partial charge < -0.3 is 4.42 Å². The largest absolute Gasteiger partial charge is 0.456 e. The van der Waals surface area contributed by atoms with Crippen LogP contribution >= 0.6 is 0 Å². The van der Waals surface area contributed by atoms with E-state index in [1.807, 2.05) is 78.9 Å². The molecule has 210 valence electrons. The summed E-state index contributed by atoms with van der Waals surface area (Å²) in [4.78, 5) is 15.3. The molecule has 4 heteroatoms. The van der Waals surface area contributed by atoms with Crippen molar-refractivity contribution in [1.29, 1.82) is 0 Å². The molecule has 0 spiro atoms. The van der Waals surface area contributed by atoms with E-state index < -0.39 is 0 Å². The summed E-state index contributed by atoms with van der Waals surface area (Å²) in [5.74, 6) is 1.86. The van der Waals surface area contributed by atoms with Crippen molar-refractivity contribution in [3.8, 4) is 45.3 Å². The average molecular weight is 576 g/mol. The number of furan rings is 1. The minimum Gasteiger partial charge on any atom is -0.456 e. The van der Waals surface area contributed by atoms with E-state index in [0.29, 0.717) is 17.5 Å². The third-order valence-electron chi connectivity index (χ3n) is 8.52. The number of fused-ring (bicyclic) bond motifs is 6. The monoisotopic (exact) mass is 575 g/mol. The number of aromatic nitrogens is 3. The van der Waals surface area contributed by atoms with Crippen molar-refractivity contribution in [3.05, 3.63) is 152 Å². The van der Waals surface area contributed by atoms with Crippen molar-refractivity contribution < 1.29 is 4.42 Å². The summed E-state index contributed by atoms with van der Waals surface area (Å²) in [5, 5.41) is 6.91. The van der Waals surface area contributed by atoms with Gasteiger partial charge in [0.2, 0.25) is 0 Å². The molecule has 0 unspecified atom stereocenters. The number of nitrogens with zero attached hydrogens (tertiary/aromatic N) is 3. The van der Waals surface area contributed by atoms with Crippen molar-refractivity contribution in [3.63, 3.8) is 0 Å². The fraction of sp³-hybridized carbons (Fsp3) is 0. The molecule has 0 bridgehead atoms. The van der Waals surface area contributed by atoms with Crippen LogP contribution in [0.25, 0.3) is 88.8 Å². The third kappa shape index (κ3) is 4.27. The maximum atomic E-state index is 6.38. The lowest BCUT2D eigenvalue weighted by Crippen LogP contribution is -2.01. The van der Waals surface area contributed by atoms with Gasteiger partial charge in [-0.05, 0) is 56.9 Å². The third-order valence-corrected chi connectivity index (χ3v) is 8.52. The van der Waals surface area contributed by atoms with Crippen LogP contribution in [0.3, 0.4) is 0 Å². The molecule has 9 rings (SSSR count). The average Bonchev–Trinajstić information content (AvgIpc) is 3.50. The van der Waals surface area contributed by atoms with E-state index in [0.717, 1.165) is 49.8 Å². The highest BCUT2D eigenvalue weighted by Crippen LogP contribution is 2.43. The van der Waals surface area contributed by atoms with Crippen molar-refractivity contribution >= 4 is 43.5 Å². The highest BCUT2D eigenvalue weighted by Gasteiger charge is 2.22. The van der Waals surface area contributed by atoms with E-state index in [1.165, 1.54) is 21.5 Å². The van der Waals surface area contributed by atoms with Crippen LogP contribution in [0.15, 0.2) is 156 Å². The Morgan fingerprint density at radius 1 is 0.378 bits per heavy atom. The number of para-hydroxylation sites is 1. The first-order valence-electron chi connectivity index (χ1n) is 15.0. The molecule has 7 aromatic carbocycles. The fourth-order valence-electron chi connectivity index (χ4n) is 6.39. The van der Waals surface area contributed by atoms with Gasteiger partial charge in [0.05, 0.1) is 0 Å². The summed E-state index contributed by atoms with van der Waals surface area (Å²) in [6.45, 7) is 0. The number of hydrogen-bond donors (Lipinski definition) is 0. The minimum absolute atomic E-state index is 0.605. The Morgan fingerprint density at radius 2 is 0.978 bits per heavy atom. The van der Waals surface area contributed by atoms with Crippen molar-refractivity contribution in [2.24, 2.45) is 0 Å². The van der Waals surface area contributed by atoms with Gasteiger partial charge >= 0.3 is 0 Å². The smallest absolute Gasteiger partial charge is 0.165 e. The number of rotatable bonds is 4. The van der Waals surface area contributed by atoms with Gasteiger partial charge in [-0.15, -0.1) is 0 Å². The number of hydrogen-bond acceptors (Lipinski definition) is 4. The Balaban J connectivity index is 1.37. The zero-order chi connectivity index (χ0) is 29.7. The molecule has 0 atom stereocenters. The second-order valence-electron chi connectivity index (χ2n) is 11.2. The fourth-order valence-corrected chi connectivity index (χ4v) is 6.39. The quantitative estimate of drug-likeness (QED) is 0.196. The van der Waals surface area contributed by atoms with Gasteiger partial charge in [-0.3, -0.25) is 0 Å². The number of benzene rings is 7. The van der Waals surface area contributed by atoms with Crippen molar-refractivity contribution in [2.75, 3.05) is 0 Å². The van der Waals surface area contributed by atoms with Gasteiger partial charge in [0, 0.05) is 27.5 Å². The van der Waals surface area contributed by atoms with Crippen LogP contribution < -0.4 is 0 Å². The van der Waals surface area contributed by atoms with Gasteiger partial charge in [-0.1, -0.05) is 127 Å². The molecule has 9 aromatic rings. The predicted octanol–water partition coefficient (Wildman–Crippen LogP) is 10.7. The van der Waals surface area contributed by atoms with Crippen LogP contribution in [0.5, 0.6) is 0 Å². The molecule has 0 N–H and O–H groups in total. The molecule has 0 amide bonds. The van der Waals surface area contributed by atoms with Crippen LogP contribution in [0.1, 0.15) is 0 Å². The lowest BCUT2D eigenvalue weighted by molar-refractivity contribution is 0.669. The first kappa shape index (κ1) is 25.4. The lowest BCUT2D eigenvalue weighted by Gasteiger charge is -2.14. The van der Waals surface area contributed by atoms with Gasteiger partial charge in [0.1, 0.15) is 11.2 Å². The van der Waals surface area contributed by atoms with Crippen LogP contribution in [-0.2, 0) is 0 Å². The molecule has 2 aromatic heterocycles. The Hall–Kier alpha value is -6.13. The van der Waals surface area contributed by atoms with E-state index in [9.17, 15) is 0 Å². The molecule has 0 radical (unpaired) electrons. The van der Waals surface area contributed by atoms with Crippen LogP contribution in [0.4, 0.5) is 0 Å². The van der Waals surface area contributed by atoms with E-state index in [-0.39, 0.29) is 0 Å². The summed E-state index contributed by atoms with van der Waals surface area (Å²) >= 11 is 0. The summed E-state index contributed by atoms with van der Waals surface area (Å²) in [7, 11) is 0.